The molecule has 1 amide bonds. The van der Waals surface area contributed by atoms with E-state index in [0.29, 0.717) is 5.76 Å². The van der Waals surface area contributed by atoms with Gasteiger partial charge in [0.05, 0.1) is 16.3 Å². The fourth-order valence-corrected chi connectivity index (χ4v) is 4.41. The first kappa shape index (κ1) is 17.9. The Labute approximate surface area is 162 Å². The number of hydrogen-bond donors (Lipinski definition) is 0. The van der Waals surface area contributed by atoms with Crippen LogP contribution in [0.3, 0.4) is 0 Å². The van der Waals surface area contributed by atoms with Gasteiger partial charge in [-0.2, -0.15) is 0 Å². The van der Waals surface area contributed by atoms with Gasteiger partial charge in [0.15, 0.2) is 0 Å². The molecule has 1 saturated heterocycles. The largest absolute Gasteiger partial charge is 0.462 e. The molecule has 140 valence electrons. The lowest BCUT2D eigenvalue weighted by Gasteiger charge is -2.37. The van der Waals surface area contributed by atoms with Gasteiger partial charge >= 0.3 is 0 Å². The van der Waals surface area contributed by atoms with Crippen LogP contribution in [0.2, 0.25) is 0 Å². The van der Waals surface area contributed by atoms with Crippen molar-refractivity contribution in [3.8, 4) is 0 Å². The Morgan fingerprint density at radius 1 is 1.19 bits per heavy atom. The molecule has 1 aromatic carbocycles. The molecule has 1 fully saturated rings. The molecule has 4 rings (SSSR count). The molecule has 0 spiro atoms. The van der Waals surface area contributed by atoms with Crippen molar-refractivity contribution in [1.82, 2.24) is 14.8 Å². The summed E-state index contributed by atoms with van der Waals surface area (Å²) in [6.45, 7) is 7.28. The second-order valence-electron chi connectivity index (χ2n) is 6.84. The molecule has 0 radical (unpaired) electrons. The molecule has 3 aromatic rings. The number of benzene rings is 1. The maximum absolute atomic E-state index is 12.4. The summed E-state index contributed by atoms with van der Waals surface area (Å²) in [7, 11) is 0. The monoisotopic (exact) mass is 381 g/mol. The van der Waals surface area contributed by atoms with Gasteiger partial charge in [0.2, 0.25) is 5.91 Å². The molecule has 6 heteroatoms. The van der Waals surface area contributed by atoms with Gasteiger partial charge in [-0.3, -0.25) is 9.69 Å². The van der Waals surface area contributed by atoms with Crippen molar-refractivity contribution >= 4 is 33.5 Å². The molecule has 1 atom stereocenters. The van der Waals surface area contributed by atoms with Gasteiger partial charge in [-0.05, 0) is 44.2 Å². The summed E-state index contributed by atoms with van der Waals surface area (Å²) in [5.41, 5.74) is 1.07. The molecule has 0 bridgehead atoms. The summed E-state index contributed by atoms with van der Waals surface area (Å²) in [5.74, 6) is 1.60. The van der Waals surface area contributed by atoms with Crippen LogP contribution < -0.4 is 0 Å². The Kier molecular flexibility index (Phi) is 5.09. The third kappa shape index (κ3) is 3.96. The molecular weight excluding hydrogens is 358 g/mol. The second-order valence-corrected chi connectivity index (χ2v) is 7.90. The highest BCUT2D eigenvalue weighted by Crippen LogP contribution is 2.29. The third-order valence-electron chi connectivity index (χ3n) is 4.99. The van der Waals surface area contributed by atoms with E-state index < -0.39 is 0 Å². The average Bonchev–Trinajstić information content (AvgIpc) is 3.31. The normalized spacial score (nSPS) is 17.0. The Hall–Kier alpha value is -2.44. The van der Waals surface area contributed by atoms with E-state index in [0.717, 1.165) is 42.5 Å². The van der Waals surface area contributed by atoms with Crippen LogP contribution in [0.4, 0.5) is 0 Å². The van der Waals surface area contributed by atoms with E-state index in [1.807, 2.05) is 30.0 Å². The van der Waals surface area contributed by atoms with Crippen molar-refractivity contribution in [1.29, 1.82) is 0 Å². The van der Waals surface area contributed by atoms with Crippen molar-refractivity contribution < 1.29 is 9.21 Å². The van der Waals surface area contributed by atoms with Crippen molar-refractivity contribution in [3.05, 3.63) is 59.0 Å². The second kappa shape index (κ2) is 7.66. The quantitative estimate of drug-likeness (QED) is 0.638. The summed E-state index contributed by atoms with van der Waals surface area (Å²) in [5, 5.41) is 1.14. The average molecular weight is 382 g/mol. The number of furan rings is 1. The highest BCUT2D eigenvalue weighted by molar-refractivity contribution is 7.18. The number of carbonyl (C=O) groups excluding carboxylic acids is 1. The summed E-state index contributed by atoms with van der Waals surface area (Å²) in [6.07, 6.45) is 3.34. The molecule has 2 aromatic heterocycles. The van der Waals surface area contributed by atoms with Crippen LogP contribution in [0.5, 0.6) is 0 Å². The SMILES string of the molecule is Cc1ccc(/C=C/C(=O)N2CCN(C(C)c3nc4ccccc4s3)CC2)o1. The molecule has 27 heavy (non-hydrogen) atoms. The first-order chi connectivity index (χ1) is 13.1. The van der Waals surface area contributed by atoms with E-state index in [9.17, 15) is 4.79 Å². The third-order valence-corrected chi connectivity index (χ3v) is 6.20. The predicted molar refractivity (Wildman–Crippen MR) is 109 cm³/mol. The zero-order valence-electron chi connectivity index (χ0n) is 15.6. The first-order valence-electron chi connectivity index (χ1n) is 9.23. The van der Waals surface area contributed by atoms with Crippen molar-refractivity contribution in [3.63, 3.8) is 0 Å². The van der Waals surface area contributed by atoms with Crippen molar-refractivity contribution in [2.75, 3.05) is 26.2 Å². The van der Waals surface area contributed by atoms with Crippen molar-refractivity contribution in [2.24, 2.45) is 0 Å². The van der Waals surface area contributed by atoms with E-state index in [1.165, 1.54) is 4.70 Å². The standard InChI is InChI=1S/C21H23N3O2S/c1-15-7-8-17(26-15)9-10-20(25)24-13-11-23(12-14-24)16(2)21-22-18-5-3-4-6-19(18)27-21/h3-10,16H,11-14H2,1-2H3/b10-9+. The smallest absolute Gasteiger partial charge is 0.246 e. The number of aromatic nitrogens is 1. The number of carbonyl (C=O) groups is 1. The van der Waals surface area contributed by atoms with Crippen LogP contribution in [-0.4, -0.2) is 46.9 Å². The summed E-state index contributed by atoms with van der Waals surface area (Å²) >= 11 is 1.76. The highest BCUT2D eigenvalue weighted by Gasteiger charge is 2.25. The number of piperazine rings is 1. The van der Waals surface area contributed by atoms with E-state index in [2.05, 4.69) is 30.0 Å². The van der Waals surface area contributed by atoms with Crippen LogP contribution >= 0.6 is 11.3 Å². The van der Waals surface area contributed by atoms with Crippen LogP contribution in [0, 0.1) is 6.92 Å². The molecular formula is C21H23N3O2S. The summed E-state index contributed by atoms with van der Waals surface area (Å²) < 4.78 is 6.70. The molecule has 0 aliphatic carbocycles. The zero-order chi connectivity index (χ0) is 18.8. The number of amides is 1. The number of aryl methyl sites for hydroxylation is 1. The fraction of sp³-hybridized carbons (Fsp3) is 0.333. The van der Waals surface area contributed by atoms with Gasteiger partial charge < -0.3 is 9.32 Å². The Morgan fingerprint density at radius 2 is 1.96 bits per heavy atom. The minimum absolute atomic E-state index is 0.0383. The minimum atomic E-state index is 0.0383. The van der Waals surface area contributed by atoms with Gasteiger partial charge in [-0.25, -0.2) is 4.98 Å². The molecule has 1 aliphatic heterocycles. The molecule has 0 saturated carbocycles. The molecule has 5 nitrogen and oxygen atoms in total. The van der Waals surface area contributed by atoms with Gasteiger partial charge in [0.1, 0.15) is 16.5 Å². The number of nitrogens with zero attached hydrogens (tertiary/aromatic N) is 3. The lowest BCUT2D eigenvalue weighted by molar-refractivity contribution is -0.127. The fourth-order valence-electron chi connectivity index (χ4n) is 3.36. The van der Waals surface area contributed by atoms with Gasteiger partial charge in [-0.1, -0.05) is 12.1 Å². The van der Waals surface area contributed by atoms with Crippen LogP contribution in [0.1, 0.15) is 29.5 Å². The number of hydrogen-bond acceptors (Lipinski definition) is 5. The summed E-state index contributed by atoms with van der Waals surface area (Å²) in [6, 6.07) is 12.3. The topological polar surface area (TPSA) is 49.6 Å². The summed E-state index contributed by atoms with van der Waals surface area (Å²) in [4.78, 5) is 21.5. The predicted octanol–water partition coefficient (Wildman–Crippen LogP) is 4.12. The van der Waals surface area contributed by atoms with Gasteiger partial charge in [-0.15, -0.1) is 11.3 Å². The Bertz CT molecular complexity index is 934. The Morgan fingerprint density at radius 3 is 2.67 bits per heavy atom. The number of para-hydroxylation sites is 1. The van der Waals surface area contributed by atoms with Crippen molar-refractivity contribution in [2.45, 2.75) is 19.9 Å². The lowest BCUT2D eigenvalue weighted by Crippen LogP contribution is -2.48. The minimum Gasteiger partial charge on any atom is -0.462 e. The van der Waals surface area contributed by atoms with Crippen LogP contribution in [0.15, 0.2) is 46.9 Å². The number of fused-ring (bicyclic) bond motifs is 1. The highest BCUT2D eigenvalue weighted by atomic mass is 32.1. The molecule has 1 aliphatic rings. The first-order valence-corrected chi connectivity index (χ1v) is 10.0. The lowest BCUT2D eigenvalue weighted by atomic mass is 10.2. The molecule has 3 heterocycles. The number of thiazole rings is 1. The van der Waals surface area contributed by atoms with E-state index in [4.69, 9.17) is 9.40 Å². The van der Waals surface area contributed by atoms with Crippen LogP contribution in [0.25, 0.3) is 16.3 Å². The van der Waals surface area contributed by atoms with Gasteiger partial charge in [0.25, 0.3) is 0 Å². The van der Waals surface area contributed by atoms with E-state index in [1.54, 1.807) is 23.5 Å². The van der Waals surface area contributed by atoms with E-state index in [-0.39, 0.29) is 11.9 Å². The maximum atomic E-state index is 12.4. The van der Waals surface area contributed by atoms with Gasteiger partial charge in [0, 0.05) is 32.3 Å². The zero-order valence-corrected chi connectivity index (χ0v) is 16.4. The van der Waals surface area contributed by atoms with Crippen LogP contribution in [-0.2, 0) is 4.79 Å². The molecule has 0 N–H and O–H groups in total. The maximum Gasteiger partial charge on any atom is 0.246 e. The van der Waals surface area contributed by atoms with E-state index >= 15 is 0 Å². The Balaban J connectivity index is 1.35. The number of rotatable bonds is 4. The molecule has 1 unspecified atom stereocenters.